The van der Waals surface area contributed by atoms with Crippen molar-refractivity contribution in [1.82, 2.24) is 0 Å². The first-order valence-corrected chi connectivity index (χ1v) is 11.2. The molecule has 31 heavy (non-hydrogen) atoms. The third kappa shape index (κ3) is 6.18. The minimum absolute atomic E-state index is 0.356. The van der Waals surface area contributed by atoms with Crippen LogP contribution in [0.2, 0.25) is 15.1 Å². The van der Waals surface area contributed by atoms with Gasteiger partial charge in [-0.15, -0.1) is 0 Å². The van der Waals surface area contributed by atoms with E-state index in [0.717, 1.165) is 11.1 Å². The van der Waals surface area contributed by atoms with E-state index in [-0.39, 0.29) is 0 Å². The monoisotopic (exact) mass is 535 g/mol. The van der Waals surface area contributed by atoms with E-state index in [1.807, 2.05) is 43.3 Å². The number of ether oxygens (including phenoxy) is 2. The van der Waals surface area contributed by atoms with Crippen molar-refractivity contribution >= 4 is 62.4 Å². The molecule has 0 aliphatic heterocycles. The van der Waals surface area contributed by atoms with Crippen molar-refractivity contribution in [2.75, 3.05) is 6.61 Å². The van der Waals surface area contributed by atoms with Gasteiger partial charge in [0.05, 0.1) is 27.7 Å². The molecule has 0 aromatic heterocycles. The summed E-state index contributed by atoms with van der Waals surface area (Å²) in [6, 6.07) is 18.4. The second kappa shape index (κ2) is 10.9. The zero-order valence-corrected chi connectivity index (χ0v) is 20.3. The van der Waals surface area contributed by atoms with E-state index < -0.39 is 0 Å². The van der Waals surface area contributed by atoms with E-state index in [1.54, 1.807) is 24.3 Å². The first-order chi connectivity index (χ1) is 14.9. The number of nitriles is 1. The van der Waals surface area contributed by atoms with E-state index in [4.69, 9.17) is 44.3 Å². The SMILES string of the molecule is CCOc1cc(/C=C(\C#N)c2ccc(Cl)cc2Cl)cc(Br)c1OCc1ccc(Cl)cc1. The van der Waals surface area contributed by atoms with E-state index in [1.165, 1.54) is 0 Å². The molecule has 0 aliphatic rings. The van der Waals surface area contributed by atoms with Crippen molar-refractivity contribution in [2.45, 2.75) is 13.5 Å². The first kappa shape index (κ1) is 23.5. The maximum atomic E-state index is 9.67. The predicted octanol–water partition coefficient (Wildman–Crippen LogP) is 8.45. The number of nitrogens with zero attached hydrogens (tertiary/aromatic N) is 1. The Labute approximate surface area is 204 Å². The third-order valence-electron chi connectivity index (χ3n) is 4.28. The fourth-order valence-electron chi connectivity index (χ4n) is 2.86. The summed E-state index contributed by atoms with van der Waals surface area (Å²) in [5.74, 6) is 1.15. The van der Waals surface area contributed by atoms with E-state index in [0.29, 0.717) is 55.4 Å². The van der Waals surface area contributed by atoms with Crippen molar-refractivity contribution in [2.24, 2.45) is 0 Å². The van der Waals surface area contributed by atoms with Crippen molar-refractivity contribution in [3.8, 4) is 17.6 Å². The molecule has 0 heterocycles. The quantitative estimate of drug-likeness (QED) is 0.224. The van der Waals surface area contributed by atoms with Crippen LogP contribution in [-0.2, 0) is 6.61 Å². The molecule has 0 saturated heterocycles. The Balaban J connectivity index is 1.94. The smallest absolute Gasteiger partial charge is 0.175 e. The fraction of sp³-hybridized carbons (Fsp3) is 0.125. The molecule has 0 bridgehead atoms. The summed E-state index contributed by atoms with van der Waals surface area (Å²) in [5, 5.41) is 11.3. The van der Waals surface area contributed by atoms with Crippen LogP contribution in [0.1, 0.15) is 23.6 Å². The molecule has 7 heteroatoms. The highest BCUT2D eigenvalue weighted by Gasteiger charge is 2.14. The molecule has 0 unspecified atom stereocenters. The second-order valence-corrected chi connectivity index (χ2v) is 8.61. The van der Waals surface area contributed by atoms with Crippen LogP contribution in [0.4, 0.5) is 0 Å². The van der Waals surface area contributed by atoms with Gasteiger partial charge in [0.1, 0.15) is 6.61 Å². The molecule has 3 aromatic rings. The molecule has 0 atom stereocenters. The summed E-state index contributed by atoms with van der Waals surface area (Å²) in [4.78, 5) is 0. The topological polar surface area (TPSA) is 42.2 Å². The molecule has 3 rings (SSSR count). The Hall–Kier alpha value is -2.16. The van der Waals surface area contributed by atoms with Gasteiger partial charge in [0, 0.05) is 15.6 Å². The summed E-state index contributed by atoms with van der Waals surface area (Å²) >= 11 is 21.8. The minimum atomic E-state index is 0.356. The average Bonchev–Trinajstić information content (AvgIpc) is 2.73. The van der Waals surface area contributed by atoms with Gasteiger partial charge in [0.2, 0.25) is 0 Å². The van der Waals surface area contributed by atoms with Gasteiger partial charge < -0.3 is 9.47 Å². The Morgan fingerprint density at radius 1 is 1.00 bits per heavy atom. The summed E-state index contributed by atoms with van der Waals surface area (Å²) in [6.07, 6.45) is 1.74. The molecular formula is C24H17BrCl3NO2. The van der Waals surface area contributed by atoms with Crippen LogP contribution in [-0.4, -0.2) is 6.61 Å². The zero-order chi connectivity index (χ0) is 22.4. The highest BCUT2D eigenvalue weighted by atomic mass is 79.9. The molecule has 0 N–H and O–H groups in total. The number of halogens is 4. The number of allylic oxidation sites excluding steroid dienone is 1. The molecule has 0 spiro atoms. The van der Waals surface area contributed by atoms with Crippen LogP contribution < -0.4 is 9.47 Å². The van der Waals surface area contributed by atoms with Crippen LogP contribution in [0.25, 0.3) is 11.6 Å². The molecule has 0 radical (unpaired) electrons. The first-order valence-electron chi connectivity index (χ1n) is 9.32. The molecule has 0 aliphatic carbocycles. The van der Waals surface area contributed by atoms with Gasteiger partial charge in [-0.25, -0.2) is 0 Å². The van der Waals surface area contributed by atoms with Crippen LogP contribution in [0.5, 0.6) is 11.5 Å². The van der Waals surface area contributed by atoms with Gasteiger partial charge in [-0.2, -0.15) is 5.26 Å². The lowest BCUT2D eigenvalue weighted by Gasteiger charge is -2.15. The largest absolute Gasteiger partial charge is 0.490 e. The van der Waals surface area contributed by atoms with Crippen LogP contribution in [0.15, 0.2) is 59.1 Å². The lowest BCUT2D eigenvalue weighted by atomic mass is 10.0. The van der Waals surface area contributed by atoms with E-state index in [2.05, 4.69) is 22.0 Å². The Morgan fingerprint density at radius 2 is 1.71 bits per heavy atom. The second-order valence-electron chi connectivity index (χ2n) is 6.47. The minimum Gasteiger partial charge on any atom is -0.490 e. The van der Waals surface area contributed by atoms with Gasteiger partial charge in [-0.1, -0.05) is 53.0 Å². The Kier molecular flexibility index (Phi) is 8.28. The van der Waals surface area contributed by atoms with E-state index in [9.17, 15) is 5.26 Å². The maximum Gasteiger partial charge on any atom is 0.175 e. The average molecular weight is 538 g/mol. The number of benzene rings is 3. The maximum absolute atomic E-state index is 9.67. The van der Waals surface area contributed by atoms with Crippen LogP contribution in [0, 0.1) is 11.3 Å². The summed E-state index contributed by atoms with van der Waals surface area (Å²) in [5.41, 5.74) is 2.75. The van der Waals surface area contributed by atoms with Crippen molar-refractivity contribution in [1.29, 1.82) is 5.26 Å². The molecule has 3 aromatic carbocycles. The van der Waals surface area contributed by atoms with Gasteiger partial charge in [0.25, 0.3) is 0 Å². The van der Waals surface area contributed by atoms with Crippen molar-refractivity contribution in [3.05, 3.63) is 90.8 Å². The summed E-state index contributed by atoms with van der Waals surface area (Å²) < 4.78 is 12.5. The molecule has 0 saturated carbocycles. The Morgan fingerprint density at radius 3 is 2.35 bits per heavy atom. The molecule has 158 valence electrons. The summed E-state index contributed by atoms with van der Waals surface area (Å²) in [6.45, 7) is 2.72. The predicted molar refractivity (Wildman–Crippen MR) is 131 cm³/mol. The summed E-state index contributed by atoms with van der Waals surface area (Å²) in [7, 11) is 0. The standard InChI is InChI=1S/C24H17BrCl3NO2/c1-2-30-23-11-16(9-17(13-29)20-8-7-19(27)12-22(20)28)10-21(25)24(23)31-14-15-3-5-18(26)6-4-15/h3-12H,2,14H2,1H3/b17-9+. The van der Waals surface area contributed by atoms with Gasteiger partial charge in [-0.3, -0.25) is 0 Å². The van der Waals surface area contributed by atoms with Crippen LogP contribution in [0.3, 0.4) is 0 Å². The van der Waals surface area contributed by atoms with Gasteiger partial charge in [0.15, 0.2) is 11.5 Å². The third-order valence-corrected chi connectivity index (χ3v) is 5.67. The molecule has 0 amide bonds. The molecule has 3 nitrogen and oxygen atoms in total. The Bertz CT molecular complexity index is 1150. The van der Waals surface area contributed by atoms with Crippen LogP contribution >= 0.6 is 50.7 Å². The highest BCUT2D eigenvalue weighted by Crippen LogP contribution is 2.39. The highest BCUT2D eigenvalue weighted by molar-refractivity contribution is 9.10. The molecular weight excluding hydrogens is 521 g/mol. The number of hydrogen-bond donors (Lipinski definition) is 0. The van der Waals surface area contributed by atoms with E-state index >= 15 is 0 Å². The molecule has 0 fully saturated rings. The van der Waals surface area contributed by atoms with Gasteiger partial charge in [-0.05, 0) is 76.5 Å². The zero-order valence-electron chi connectivity index (χ0n) is 16.5. The van der Waals surface area contributed by atoms with Gasteiger partial charge >= 0.3 is 0 Å². The lowest BCUT2D eigenvalue weighted by Crippen LogP contribution is -2.01. The normalized spacial score (nSPS) is 11.2. The fourth-order valence-corrected chi connectivity index (χ4v) is 4.07. The number of hydrogen-bond acceptors (Lipinski definition) is 3. The number of rotatable bonds is 7. The lowest BCUT2D eigenvalue weighted by molar-refractivity contribution is 0.267. The van der Waals surface area contributed by atoms with Crippen molar-refractivity contribution < 1.29 is 9.47 Å². The van der Waals surface area contributed by atoms with Crippen molar-refractivity contribution in [3.63, 3.8) is 0 Å².